The van der Waals surface area contributed by atoms with Gasteiger partial charge in [-0.25, -0.2) is 0 Å². The average molecular weight is 232 g/mol. The van der Waals surface area contributed by atoms with Crippen molar-refractivity contribution in [2.45, 2.75) is 6.29 Å². The third-order valence-corrected chi connectivity index (χ3v) is 2.76. The van der Waals surface area contributed by atoms with E-state index in [9.17, 15) is 4.79 Å². The number of piperazine rings is 1. The predicted molar refractivity (Wildman–Crippen MR) is 58.3 cm³/mol. The molecule has 0 aliphatic carbocycles. The van der Waals surface area contributed by atoms with Crippen LogP contribution in [0, 0.1) is 0 Å². The van der Waals surface area contributed by atoms with Gasteiger partial charge in [-0.15, -0.1) is 0 Å². The summed E-state index contributed by atoms with van der Waals surface area (Å²) >= 11 is 0. The Balaban J connectivity index is 2.23. The van der Waals surface area contributed by atoms with Crippen molar-refractivity contribution in [2.75, 3.05) is 53.5 Å². The Morgan fingerprint density at radius 1 is 1.19 bits per heavy atom. The minimum Gasteiger partial charge on any atom is -0.480 e. The van der Waals surface area contributed by atoms with Gasteiger partial charge >= 0.3 is 5.97 Å². The largest absolute Gasteiger partial charge is 0.480 e. The number of ether oxygens (including phenoxy) is 2. The molecule has 0 radical (unpaired) electrons. The lowest BCUT2D eigenvalue weighted by molar-refractivity contribution is -0.139. The van der Waals surface area contributed by atoms with Crippen LogP contribution < -0.4 is 0 Å². The van der Waals surface area contributed by atoms with Gasteiger partial charge in [0.25, 0.3) is 0 Å². The molecule has 1 N–H and O–H groups in total. The summed E-state index contributed by atoms with van der Waals surface area (Å²) in [6, 6.07) is 0. The molecule has 1 aliphatic heterocycles. The van der Waals surface area contributed by atoms with E-state index < -0.39 is 5.97 Å². The quantitative estimate of drug-likeness (QED) is 0.611. The number of hydrogen-bond donors (Lipinski definition) is 1. The van der Waals surface area contributed by atoms with Crippen molar-refractivity contribution in [1.82, 2.24) is 9.80 Å². The van der Waals surface area contributed by atoms with Gasteiger partial charge in [0.15, 0.2) is 6.29 Å². The summed E-state index contributed by atoms with van der Waals surface area (Å²) in [5.41, 5.74) is 0. The summed E-state index contributed by atoms with van der Waals surface area (Å²) < 4.78 is 10.2. The predicted octanol–water partition coefficient (Wildman–Crippen LogP) is -0.692. The first-order chi connectivity index (χ1) is 7.65. The van der Waals surface area contributed by atoms with Crippen LogP contribution in [0.2, 0.25) is 0 Å². The summed E-state index contributed by atoms with van der Waals surface area (Å²) in [6.07, 6.45) is -0.203. The lowest BCUT2D eigenvalue weighted by Crippen LogP contribution is -2.50. The van der Waals surface area contributed by atoms with Crippen LogP contribution in [0.1, 0.15) is 0 Å². The Bertz CT molecular complexity index is 213. The Labute approximate surface area is 95.7 Å². The van der Waals surface area contributed by atoms with Crippen LogP contribution in [0.15, 0.2) is 0 Å². The molecule has 0 aromatic heterocycles. The van der Waals surface area contributed by atoms with Crippen molar-refractivity contribution < 1.29 is 19.4 Å². The first-order valence-electron chi connectivity index (χ1n) is 5.37. The number of methoxy groups -OCH3 is 2. The van der Waals surface area contributed by atoms with Crippen molar-refractivity contribution >= 4 is 5.97 Å². The number of hydrogen-bond acceptors (Lipinski definition) is 5. The molecule has 0 spiro atoms. The second-order valence-corrected chi connectivity index (χ2v) is 3.87. The molecule has 94 valence electrons. The first-order valence-corrected chi connectivity index (χ1v) is 5.37. The Morgan fingerprint density at radius 3 is 2.12 bits per heavy atom. The molecule has 1 saturated heterocycles. The van der Waals surface area contributed by atoms with Crippen LogP contribution in [0.25, 0.3) is 0 Å². The van der Waals surface area contributed by atoms with Crippen LogP contribution >= 0.6 is 0 Å². The zero-order valence-corrected chi connectivity index (χ0v) is 9.89. The maximum absolute atomic E-state index is 10.5. The minimum absolute atomic E-state index is 0.131. The molecule has 6 heteroatoms. The lowest BCUT2D eigenvalue weighted by atomic mass is 10.3. The third kappa shape index (κ3) is 4.44. The molecule has 0 amide bonds. The summed E-state index contributed by atoms with van der Waals surface area (Å²) in [5, 5.41) is 8.66. The minimum atomic E-state index is -0.764. The number of nitrogens with zero attached hydrogens (tertiary/aromatic N) is 2. The van der Waals surface area contributed by atoms with Crippen LogP contribution in [-0.4, -0.2) is 80.7 Å². The molecule has 0 aromatic rings. The van der Waals surface area contributed by atoms with Gasteiger partial charge in [0.2, 0.25) is 0 Å². The Morgan fingerprint density at radius 2 is 1.69 bits per heavy atom. The second-order valence-electron chi connectivity index (χ2n) is 3.87. The van der Waals surface area contributed by atoms with E-state index in [0.29, 0.717) is 0 Å². The monoisotopic (exact) mass is 232 g/mol. The highest BCUT2D eigenvalue weighted by Crippen LogP contribution is 2.04. The molecule has 16 heavy (non-hydrogen) atoms. The van der Waals surface area contributed by atoms with Crippen molar-refractivity contribution in [3.63, 3.8) is 0 Å². The van der Waals surface area contributed by atoms with Gasteiger partial charge in [-0.2, -0.15) is 0 Å². The van der Waals surface area contributed by atoms with E-state index in [1.165, 1.54) is 0 Å². The molecule has 0 unspecified atom stereocenters. The summed E-state index contributed by atoms with van der Waals surface area (Å²) in [4.78, 5) is 14.7. The van der Waals surface area contributed by atoms with Crippen molar-refractivity contribution in [2.24, 2.45) is 0 Å². The van der Waals surface area contributed by atoms with Crippen molar-refractivity contribution in [1.29, 1.82) is 0 Å². The molecular formula is C10H20N2O4. The van der Waals surface area contributed by atoms with E-state index in [4.69, 9.17) is 14.6 Å². The van der Waals surface area contributed by atoms with E-state index in [1.54, 1.807) is 14.2 Å². The summed E-state index contributed by atoms with van der Waals surface area (Å²) in [6.45, 7) is 4.14. The Kier molecular flexibility index (Phi) is 5.68. The number of carboxylic acids is 1. The topological polar surface area (TPSA) is 62.2 Å². The molecule has 1 heterocycles. The van der Waals surface area contributed by atoms with Gasteiger partial charge in [0.1, 0.15) is 0 Å². The van der Waals surface area contributed by atoms with Gasteiger partial charge in [-0.1, -0.05) is 0 Å². The highest BCUT2D eigenvalue weighted by atomic mass is 16.7. The maximum Gasteiger partial charge on any atom is 0.317 e. The molecule has 1 rings (SSSR count). The zero-order chi connectivity index (χ0) is 12.0. The summed E-state index contributed by atoms with van der Waals surface area (Å²) in [7, 11) is 3.24. The van der Waals surface area contributed by atoms with Gasteiger partial charge < -0.3 is 14.6 Å². The van der Waals surface area contributed by atoms with Gasteiger partial charge in [-0.05, 0) is 0 Å². The van der Waals surface area contributed by atoms with E-state index in [2.05, 4.69) is 4.90 Å². The molecular weight excluding hydrogens is 212 g/mol. The first kappa shape index (κ1) is 13.4. The van der Waals surface area contributed by atoms with E-state index in [0.717, 1.165) is 32.7 Å². The van der Waals surface area contributed by atoms with E-state index in [-0.39, 0.29) is 12.8 Å². The van der Waals surface area contributed by atoms with Crippen LogP contribution in [-0.2, 0) is 14.3 Å². The number of rotatable bonds is 6. The fourth-order valence-corrected chi connectivity index (χ4v) is 1.78. The number of carboxylic acid groups (broad SMARTS) is 1. The number of carbonyl (C=O) groups is 1. The average Bonchev–Trinajstić information content (AvgIpc) is 2.27. The molecule has 0 atom stereocenters. The molecule has 6 nitrogen and oxygen atoms in total. The standard InChI is InChI=1S/C10H20N2O4/c1-15-10(16-2)8-12-5-3-11(4-6-12)7-9(13)14/h10H,3-8H2,1-2H3,(H,13,14). The SMILES string of the molecule is COC(CN1CCN(CC(=O)O)CC1)OC. The highest BCUT2D eigenvalue weighted by Gasteiger charge is 2.20. The zero-order valence-electron chi connectivity index (χ0n) is 9.89. The fraction of sp³-hybridized carbons (Fsp3) is 0.900. The van der Waals surface area contributed by atoms with Gasteiger partial charge in [0, 0.05) is 46.9 Å². The molecule has 0 aromatic carbocycles. The number of aliphatic carboxylic acids is 1. The van der Waals surface area contributed by atoms with Gasteiger partial charge in [0.05, 0.1) is 6.54 Å². The smallest absolute Gasteiger partial charge is 0.317 e. The van der Waals surface area contributed by atoms with E-state index >= 15 is 0 Å². The van der Waals surface area contributed by atoms with Crippen molar-refractivity contribution in [3.8, 4) is 0 Å². The normalized spacial score (nSPS) is 19.2. The maximum atomic E-state index is 10.5. The van der Waals surface area contributed by atoms with Crippen molar-refractivity contribution in [3.05, 3.63) is 0 Å². The van der Waals surface area contributed by atoms with Crippen LogP contribution in [0.5, 0.6) is 0 Å². The molecule has 0 bridgehead atoms. The highest BCUT2D eigenvalue weighted by molar-refractivity contribution is 5.69. The second kappa shape index (κ2) is 6.80. The van der Waals surface area contributed by atoms with Gasteiger partial charge in [-0.3, -0.25) is 14.6 Å². The fourth-order valence-electron chi connectivity index (χ4n) is 1.78. The molecule has 1 fully saturated rings. The van der Waals surface area contributed by atoms with Crippen LogP contribution in [0.4, 0.5) is 0 Å². The Hall–Kier alpha value is -0.690. The third-order valence-electron chi connectivity index (χ3n) is 2.76. The molecule has 0 saturated carbocycles. The van der Waals surface area contributed by atoms with E-state index in [1.807, 2.05) is 4.90 Å². The lowest BCUT2D eigenvalue weighted by Gasteiger charge is -2.34. The van der Waals surface area contributed by atoms with Crippen LogP contribution in [0.3, 0.4) is 0 Å². The molecule has 1 aliphatic rings. The summed E-state index contributed by atoms with van der Waals surface area (Å²) in [5.74, 6) is -0.764.